The van der Waals surface area contributed by atoms with Gasteiger partial charge in [-0.25, -0.2) is 0 Å². The second kappa shape index (κ2) is 5.38. The van der Waals surface area contributed by atoms with E-state index in [-0.39, 0.29) is 17.2 Å². The maximum Gasteiger partial charge on any atom is 0.316 e. The molecule has 22 heavy (non-hydrogen) atoms. The molecule has 0 N–H and O–H groups in total. The van der Waals surface area contributed by atoms with Gasteiger partial charge in [0.1, 0.15) is 5.76 Å². The van der Waals surface area contributed by atoms with Crippen LogP contribution in [0.5, 0.6) is 0 Å². The maximum absolute atomic E-state index is 12.2. The molecule has 1 aliphatic carbocycles. The van der Waals surface area contributed by atoms with Gasteiger partial charge in [-0.05, 0) is 43.4 Å². The van der Waals surface area contributed by atoms with Gasteiger partial charge in [0.25, 0.3) is 0 Å². The van der Waals surface area contributed by atoms with E-state index < -0.39 is 5.41 Å². The van der Waals surface area contributed by atoms with Crippen molar-refractivity contribution in [3.05, 3.63) is 41.0 Å². The van der Waals surface area contributed by atoms with Crippen LogP contribution >= 0.6 is 0 Å². The van der Waals surface area contributed by atoms with Crippen LogP contribution in [0.25, 0.3) is 5.76 Å². The molecule has 118 valence electrons. The minimum Gasteiger partial charge on any atom is -0.425 e. The summed E-state index contributed by atoms with van der Waals surface area (Å²) in [5.41, 5.74) is 2.30. The fourth-order valence-electron chi connectivity index (χ4n) is 2.23. The third-order valence-electron chi connectivity index (χ3n) is 3.71. The molecule has 0 saturated heterocycles. The number of carbonyl (C=O) groups is 2. The van der Waals surface area contributed by atoms with E-state index in [0.29, 0.717) is 12.2 Å². The Bertz CT molecular complexity index is 652. The topological polar surface area (TPSA) is 43.4 Å². The van der Waals surface area contributed by atoms with Crippen molar-refractivity contribution in [1.82, 2.24) is 0 Å². The number of fused-ring (bicyclic) bond motifs is 1. The zero-order valence-corrected chi connectivity index (χ0v) is 14.2. The predicted octanol–water partition coefficient (Wildman–Crippen LogP) is 4.04. The number of ketones is 1. The summed E-state index contributed by atoms with van der Waals surface area (Å²) < 4.78 is 5.52. The molecule has 3 heteroatoms. The first-order valence-corrected chi connectivity index (χ1v) is 7.59. The van der Waals surface area contributed by atoms with E-state index in [4.69, 9.17) is 4.74 Å². The van der Waals surface area contributed by atoms with E-state index in [1.54, 1.807) is 20.8 Å². The Morgan fingerprint density at radius 3 is 2.27 bits per heavy atom. The van der Waals surface area contributed by atoms with Crippen LogP contribution in [-0.4, -0.2) is 11.8 Å². The summed E-state index contributed by atoms with van der Waals surface area (Å²) in [4.78, 5) is 24.0. The first-order valence-electron chi connectivity index (χ1n) is 7.59. The SMILES string of the molecule is CC(C)(C)C(=O)OC1=CC(=O)Cc2ccc(C(C)(C)C)cc21. The molecule has 2 rings (SSSR count). The Hall–Kier alpha value is -1.90. The molecule has 1 aromatic carbocycles. The fraction of sp³-hybridized carbons (Fsp3) is 0.474. The first kappa shape index (κ1) is 16.5. The average Bonchev–Trinajstić information content (AvgIpc) is 2.35. The van der Waals surface area contributed by atoms with Crippen LogP contribution in [0.2, 0.25) is 0 Å². The molecule has 0 atom stereocenters. The molecule has 0 spiro atoms. The standard InChI is InChI=1S/C19H24O3/c1-18(2,3)13-8-7-12-9-14(20)11-16(15(12)10-13)22-17(21)19(4,5)6/h7-8,10-11H,9H2,1-6H3. The van der Waals surface area contributed by atoms with Crippen LogP contribution in [0.4, 0.5) is 0 Å². The second-order valence-electron chi connectivity index (χ2n) is 7.91. The molecule has 0 amide bonds. The van der Waals surface area contributed by atoms with Crippen molar-refractivity contribution >= 4 is 17.5 Å². The van der Waals surface area contributed by atoms with Crippen LogP contribution in [-0.2, 0) is 26.2 Å². The Morgan fingerprint density at radius 1 is 1.09 bits per heavy atom. The largest absolute Gasteiger partial charge is 0.425 e. The van der Waals surface area contributed by atoms with Crippen molar-refractivity contribution in [2.45, 2.75) is 53.4 Å². The van der Waals surface area contributed by atoms with E-state index in [1.165, 1.54) is 6.08 Å². The molecule has 0 unspecified atom stereocenters. The molecular weight excluding hydrogens is 276 g/mol. The average molecular weight is 300 g/mol. The van der Waals surface area contributed by atoms with Gasteiger partial charge in [0.15, 0.2) is 5.78 Å². The molecule has 3 nitrogen and oxygen atoms in total. The maximum atomic E-state index is 12.2. The lowest BCUT2D eigenvalue weighted by molar-refractivity contribution is -0.145. The van der Waals surface area contributed by atoms with Crippen molar-refractivity contribution in [3.8, 4) is 0 Å². The van der Waals surface area contributed by atoms with Crippen molar-refractivity contribution in [2.24, 2.45) is 5.41 Å². The van der Waals surface area contributed by atoms with Crippen LogP contribution in [0.15, 0.2) is 24.3 Å². The first-order chi connectivity index (χ1) is 9.98. The number of hydrogen-bond acceptors (Lipinski definition) is 3. The third kappa shape index (κ3) is 3.46. The molecule has 1 aliphatic rings. The van der Waals surface area contributed by atoms with Gasteiger partial charge < -0.3 is 4.74 Å². The highest BCUT2D eigenvalue weighted by molar-refractivity contribution is 6.02. The third-order valence-corrected chi connectivity index (χ3v) is 3.71. The van der Waals surface area contributed by atoms with Gasteiger partial charge in [-0.15, -0.1) is 0 Å². The highest BCUT2D eigenvalue weighted by atomic mass is 16.5. The summed E-state index contributed by atoms with van der Waals surface area (Å²) in [5.74, 6) is 0.00514. The quantitative estimate of drug-likeness (QED) is 0.735. The van der Waals surface area contributed by atoms with Crippen LogP contribution < -0.4 is 0 Å². The lowest BCUT2D eigenvalue weighted by Gasteiger charge is -2.25. The van der Waals surface area contributed by atoms with E-state index in [1.807, 2.05) is 18.2 Å². The molecule has 0 saturated carbocycles. The van der Waals surface area contributed by atoms with E-state index in [0.717, 1.165) is 16.7 Å². The Kier molecular flexibility index (Phi) is 4.03. The summed E-state index contributed by atoms with van der Waals surface area (Å²) in [6, 6.07) is 6.04. The van der Waals surface area contributed by atoms with Crippen LogP contribution in [0, 0.1) is 5.41 Å². The van der Waals surface area contributed by atoms with Gasteiger partial charge in [-0.3, -0.25) is 9.59 Å². The lowest BCUT2D eigenvalue weighted by atomic mass is 9.83. The second-order valence-corrected chi connectivity index (χ2v) is 7.91. The Morgan fingerprint density at radius 2 is 1.73 bits per heavy atom. The number of rotatable bonds is 1. The molecule has 0 bridgehead atoms. The zero-order chi connectivity index (χ0) is 16.7. The van der Waals surface area contributed by atoms with Crippen molar-refractivity contribution in [1.29, 1.82) is 0 Å². The zero-order valence-electron chi connectivity index (χ0n) is 14.2. The molecule has 0 radical (unpaired) electrons. The van der Waals surface area contributed by atoms with Crippen molar-refractivity contribution in [2.75, 3.05) is 0 Å². The minimum absolute atomic E-state index is 0.00433. The predicted molar refractivity (Wildman–Crippen MR) is 87.4 cm³/mol. The van der Waals surface area contributed by atoms with Gasteiger partial charge in [0.2, 0.25) is 0 Å². The number of esters is 1. The van der Waals surface area contributed by atoms with Gasteiger partial charge in [-0.2, -0.15) is 0 Å². The number of carbonyl (C=O) groups excluding carboxylic acids is 2. The molecule has 0 aliphatic heterocycles. The van der Waals surface area contributed by atoms with Crippen molar-refractivity contribution in [3.63, 3.8) is 0 Å². The smallest absolute Gasteiger partial charge is 0.316 e. The normalized spacial score (nSPS) is 15.2. The Balaban J connectivity index is 2.45. The monoisotopic (exact) mass is 300 g/mol. The van der Waals surface area contributed by atoms with Crippen molar-refractivity contribution < 1.29 is 14.3 Å². The molecule has 0 aromatic heterocycles. The highest BCUT2D eigenvalue weighted by Gasteiger charge is 2.28. The van der Waals surface area contributed by atoms with E-state index >= 15 is 0 Å². The van der Waals surface area contributed by atoms with Crippen LogP contribution in [0.1, 0.15) is 58.2 Å². The van der Waals surface area contributed by atoms with Gasteiger partial charge in [-0.1, -0.05) is 32.9 Å². The summed E-state index contributed by atoms with van der Waals surface area (Å²) in [5, 5.41) is 0. The van der Waals surface area contributed by atoms with Gasteiger partial charge >= 0.3 is 5.97 Å². The Labute approximate surface area is 132 Å². The number of allylic oxidation sites excluding steroid dienone is 1. The summed E-state index contributed by atoms with van der Waals surface area (Å²) in [6.07, 6.45) is 1.80. The summed E-state index contributed by atoms with van der Waals surface area (Å²) >= 11 is 0. The number of hydrogen-bond donors (Lipinski definition) is 0. The molecule has 0 fully saturated rings. The molecular formula is C19H24O3. The van der Waals surface area contributed by atoms with E-state index in [2.05, 4.69) is 20.8 Å². The van der Waals surface area contributed by atoms with Gasteiger partial charge in [0.05, 0.1) is 5.41 Å². The minimum atomic E-state index is -0.608. The number of ether oxygens (including phenoxy) is 1. The lowest BCUT2D eigenvalue weighted by Crippen LogP contribution is -2.24. The summed E-state index contributed by atoms with van der Waals surface area (Å²) in [6.45, 7) is 11.8. The van der Waals surface area contributed by atoms with Crippen LogP contribution in [0.3, 0.4) is 0 Å². The highest BCUT2D eigenvalue weighted by Crippen LogP contribution is 2.32. The number of benzene rings is 1. The fourth-order valence-corrected chi connectivity index (χ4v) is 2.23. The molecule has 1 aromatic rings. The van der Waals surface area contributed by atoms with E-state index in [9.17, 15) is 9.59 Å². The molecule has 0 heterocycles. The van der Waals surface area contributed by atoms with Gasteiger partial charge in [0, 0.05) is 18.1 Å². The summed E-state index contributed by atoms with van der Waals surface area (Å²) in [7, 11) is 0.